The number of hydrogen-bond acceptors (Lipinski definition) is 0. The maximum absolute atomic E-state index is 4.21. The van der Waals surface area contributed by atoms with E-state index in [0.717, 1.165) is 38.5 Å². The molecule has 0 bridgehead atoms. The van der Waals surface area contributed by atoms with E-state index in [1.165, 1.54) is 39.0 Å². The maximum Gasteiger partial charge on any atom is 0.0155 e. The summed E-state index contributed by atoms with van der Waals surface area (Å²) in [7, 11) is 0. The molecule has 2 unspecified atom stereocenters. The number of allylic oxidation sites excluding steroid dienone is 16. The average Bonchev–Trinajstić information content (AvgIpc) is 2.83. The van der Waals surface area contributed by atoms with Gasteiger partial charge in [-0.3, -0.25) is 0 Å². The average molecular weight is 473 g/mol. The van der Waals surface area contributed by atoms with Crippen molar-refractivity contribution in [1.82, 2.24) is 0 Å². The minimum atomic E-state index is 0.242. The molecule has 0 rings (SSSR count). The Morgan fingerprint density at radius 2 is 1.54 bits per heavy atom. The van der Waals surface area contributed by atoms with Gasteiger partial charge in [-0.15, -0.1) is 13.2 Å². The SMILES string of the molecule is C=CCC=C(C=C)C(C)=CCC(C)C(CC)=C(C=CC(C=C)C(C)=CCC=C(C)CC)CC(=C)C. The van der Waals surface area contributed by atoms with Gasteiger partial charge in [0.15, 0.2) is 0 Å². The zero-order valence-electron chi connectivity index (χ0n) is 23.9. The second-order valence-corrected chi connectivity index (χ2v) is 9.66. The molecule has 192 valence electrons. The lowest BCUT2D eigenvalue weighted by atomic mass is 9.86. The summed E-state index contributed by atoms with van der Waals surface area (Å²) in [5.74, 6) is 0.701. The molecule has 0 amide bonds. The van der Waals surface area contributed by atoms with Gasteiger partial charge in [0.1, 0.15) is 0 Å². The number of hydrogen-bond donors (Lipinski definition) is 0. The largest absolute Gasteiger partial charge is 0.103 e. The standard InChI is InChI=1S/C35H52/c1-12-17-21-32(14-3)30(10)22-23-31(11)35(16-5)34(26-27(6)7)25-24-33(15-4)29(9)20-18-19-28(8)13-2/h12,14-15,19-22,24-25,31,33H,1,3-4,6,13,16-18,23,26H2,2,5,7-11H3. The van der Waals surface area contributed by atoms with Crippen molar-refractivity contribution < 1.29 is 0 Å². The van der Waals surface area contributed by atoms with Crippen LogP contribution in [0.2, 0.25) is 0 Å². The third-order valence-corrected chi connectivity index (χ3v) is 6.59. The first-order chi connectivity index (χ1) is 16.6. The molecule has 0 aromatic heterocycles. The molecule has 0 saturated heterocycles. The van der Waals surface area contributed by atoms with E-state index in [-0.39, 0.29) is 5.92 Å². The van der Waals surface area contributed by atoms with Crippen LogP contribution in [0.15, 0.2) is 120 Å². The van der Waals surface area contributed by atoms with Crippen molar-refractivity contribution in [2.45, 2.75) is 87.0 Å². The number of rotatable bonds is 17. The molecule has 0 aromatic carbocycles. The van der Waals surface area contributed by atoms with Crippen molar-refractivity contribution in [2.24, 2.45) is 11.8 Å². The van der Waals surface area contributed by atoms with Crippen LogP contribution in [0.5, 0.6) is 0 Å². The Hall–Kier alpha value is -2.60. The third kappa shape index (κ3) is 13.2. The van der Waals surface area contributed by atoms with Crippen LogP contribution >= 0.6 is 0 Å². The first-order valence-electron chi connectivity index (χ1n) is 13.2. The second kappa shape index (κ2) is 18.7. The fourth-order valence-electron chi connectivity index (χ4n) is 4.09. The van der Waals surface area contributed by atoms with Gasteiger partial charge in [0.25, 0.3) is 0 Å². The molecule has 0 aromatic rings. The molecule has 0 spiro atoms. The fraction of sp³-hybridized carbons (Fsp3) is 0.429. The van der Waals surface area contributed by atoms with E-state index in [1.54, 1.807) is 0 Å². The summed E-state index contributed by atoms with van der Waals surface area (Å²) in [4.78, 5) is 0. The van der Waals surface area contributed by atoms with Crippen LogP contribution in [0.25, 0.3) is 0 Å². The lowest BCUT2D eigenvalue weighted by Gasteiger charge is -2.19. The summed E-state index contributed by atoms with van der Waals surface area (Å²) in [6.07, 6.45) is 25.6. The van der Waals surface area contributed by atoms with Crippen molar-refractivity contribution in [2.75, 3.05) is 0 Å². The Labute approximate surface area is 218 Å². The highest BCUT2D eigenvalue weighted by atomic mass is 14.2. The molecule has 0 aliphatic heterocycles. The Morgan fingerprint density at radius 1 is 0.857 bits per heavy atom. The first kappa shape index (κ1) is 32.4. The highest BCUT2D eigenvalue weighted by Gasteiger charge is 2.12. The van der Waals surface area contributed by atoms with Gasteiger partial charge in [0, 0.05) is 5.92 Å². The van der Waals surface area contributed by atoms with Crippen molar-refractivity contribution >= 4 is 0 Å². The first-order valence-corrected chi connectivity index (χ1v) is 13.2. The van der Waals surface area contributed by atoms with Gasteiger partial charge in [-0.25, -0.2) is 0 Å². The highest BCUT2D eigenvalue weighted by Crippen LogP contribution is 2.29. The summed E-state index contributed by atoms with van der Waals surface area (Å²) < 4.78 is 0. The lowest BCUT2D eigenvalue weighted by Crippen LogP contribution is -2.03. The molecule has 0 aliphatic carbocycles. The van der Waals surface area contributed by atoms with Crippen LogP contribution in [0.3, 0.4) is 0 Å². The molecule has 35 heavy (non-hydrogen) atoms. The van der Waals surface area contributed by atoms with Gasteiger partial charge in [-0.05, 0) is 88.9 Å². The maximum atomic E-state index is 4.21. The van der Waals surface area contributed by atoms with Crippen molar-refractivity contribution in [3.8, 4) is 0 Å². The molecule has 0 N–H and O–H groups in total. The molecular weight excluding hydrogens is 420 g/mol. The summed E-state index contributed by atoms with van der Waals surface area (Å²) in [6, 6.07) is 0. The molecule has 0 aliphatic rings. The van der Waals surface area contributed by atoms with Crippen molar-refractivity contribution in [3.63, 3.8) is 0 Å². The fourth-order valence-corrected chi connectivity index (χ4v) is 4.09. The summed E-state index contributed by atoms with van der Waals surface area (Å²) >= 11 is 0. The third-order valence-electron chi connectivity index (χ3n) is 6.59. The van der Waals surface area contributed by atoms with Crippen LogP contribution in [0.1, 0.15) is 87.0 Å². The van der Waals surface area contributed by atoms with Crippen LogP contribution in [-0.4, -0.2) is 0 Å². The summed E-state index contributed by atoms with van der Waals surface area (Å²) in [5.41, 5.74) is 9.36. The van der Waals surface area contributed by atoms with E-state index in [2.05, 4.69) is 111 Å². The van der Waals surface area contributed by atoms with Gasteiger partial charge in [-0.2, -0.15) is 0 Å². The predicted molar refractivity (Wildman–Crippen MR) is 163 cm³/mol. The Bertz CT molecular complexity index is 888. The zero-order chi connectivity index (χ0) is 26.8. The lowest BCUT2D eigenvalue weighted by molar-refractivity contribution is 0.656. The van der Waals surface area contributed by atoms with Crippen molar-refractivity contribution in [3.05, 3.63) is 120 Å². The van der Waals surface area contributed by atoms with Gasteiger partial charge in [-0.1, -0.05) is 111 Å². The topological polar surface area (TPSA) is 0 Å². The Kier molecular flexibility index (Phi) is 17.3. The van der Waals surface area contributed by atoms with Crippen LogP contribution in [0.4, 0.5) is 0 Å². The Balaban J connectivity index is 5.94. The predicted octanol–water partition coefficient (Wildman–Crippen LogP) is 11.4. The minimum absolute atomic E-state index is 0.242. The molecule has 0 radical (unpaired) electrons. The van der Waals surface area contributed by atoms with E-state index < -0.39 is 0 Å². The van der Waals surface area contributed by atoms with Gasteiger partial charge >= 0.3 is 0 Å². The molecule has 0 saturated carbocycles. The van der Waals surface area contributed by atoms with Crippen LogP contribution in [0, 0.1) is 11.8 Å². The van der Waals surface area contributed by atoms with E-state index in [9.17, 15) is 0 Å². The van der Waals surface area contributed by atoms with Crippen molar-refractivity contribution in [1.29, 1.82) is 0 Å². The molecular formula is C35H52. The Morgan fingerprint density at radius 3 is 2.06 bits per heavy atom. The zero-order valence-corrected chi connectivity index (χ0v) is 23.9. The highest BCUT2D eigenvalue weighted by molar-refractivity contribution is 5.38. The molecule has 0 nitrogen and oxygen atoms in total. The quantitative estimate of drug-likeness (QED) is 0.146. The summed E-state index contributed by atoms with van der Waals surface area (Å²) in [5, 5.41) is 0. The van der Waals surface area contributed by atoms with Gasteiger partial charge < -0.3 is 0 Å². The van der Waals surface area contributed by atoms with Gasteiger partial charge in [0.05, 0.1) is 0 Å². The molecule has 0 heterocycles. The summed E-state index contributed by atoms with van der Waals surface area (Å²) in [6.45, 7) is 31.6. The van der Waals surface area contributed by atoms with Crippen LogP contribution < -0.4 is 0 Å². The van der Waals surface area contributed by atoms with E-state index in [1.807, 2.05) is 18.2 Å². The van der Waals surface area contributed by atoms with E-state index >= 15 is 0 Å². The van der Waals surface area contributed by atoms with E-state index in [4.69, 9.17) is 0 Å². The molecule has 2 atom stereocenters. The molecule has 0 fully saturated rings. The normalized spacial score (nSPS) is 16.1. The van der Waals surface area contributed by atoms with Crippen LogP contribution in [-0.2, 0) is 0 Å². The second-order valence-electron chi connectivity index (χ2n) is 9.66. The van der Waals surface area contributed by atoms with Gasteiger partial charge in [0.2, 0.25) is 0 Å². The monoisotopic (exact) mass is 472 g/mol. The minimum Gasteiger partial charge on any atom is -0.103 e. The van der Waals surface area contributed by atoms with E-state index in [0.29, 0.717) is 5.92 Å². The smallest absolute Gasteiger partial charge is 0.0155 e. The molecule has 0 heteroatoms.